The Morgan fingerprint density at radius 3 is 2.32 bits per heavy atom. The number of carboxylic acids is 1. The molecule has 0 aliphatic carbocycles. The van der Waals surface area contributed by atoms with Gasteiger partial charge in [-0.2, -0.15) is 0 Å². The highest BCUT2D eigenvalue weighted by Gasteiger charge is 2.14. The molecule has 0 spiro atoms. The summed E-state index contributed by atoms with van der Waals surface area (Å²) in [5.74, 6) is -1.84. The van der Waals surface area contributed by atoms with Crippen molar-refractivity contribution in [2.75, 3.05) is 6.61 Å². The van der Waals surface area contributed by atoms with Gasteiger partial charge < -0.3 is 10.8 Å². The molecule has 0 bridgehead atoms. The van der Waals surface area contributed by atoms with Crippen LogP contribution in [0.2, 0.25) is 0 Å². The van der Waals surface area contributed by atoms with Crippen LogP contribution in [-0.2, 0) is 30.9 Å². The van der Waals surface area contributed by atoms with Crippen LogP contribution in [0.25, 0.3) is 0 Å². The predicted octanol–water partition coefficient (Wildman–Crippen LogP) is -0.991. The van der Waals surface area contributed by atoms with Crippen LogP contribution in [0.4, 0.5) is 0 Å². The molecule has 1 amide bonds. The quantitative estimate of drug-likeness (QED) is 0.551. The largest absolute Gasteiger partial charge is 0.481 e. The first kappa shape index (κ1) is 15.1. The van der Waals surface area contributed by atoms with Crippen molar-refractivity contribution < 1.29 is 28.0 Å². The van der Waals surface area contributed by atoms with Crippen LogP contribution in [0.5, 0.6) is 0 Å². The topological polar surface area (TPSA) is 136 Å². The maximum atomic E-state index is 11.6. The summed E-state index contributed by atoms with van der Waals surface area (Å²) in [6.45, 7) is -0.587. The first-order valence-corrected chi connectivity index (χ1v) is 6.52. The summed E-state index contributed by atoms with van der Waals surface area (Å²) < 4.78 is 23.3. The molecule has 104 valence electrons. The van der Waals surface area contributed by atoms with E-state index in [9.17, 15) is 18.0 Å². The molecule has 0 aliphatic heterocycles. The summed E-state index contributed by atoms with van der Waals surface area (Å²) in [6, 6.07) is 5.20. The van der Waals surface area contributed by atoms with Gasteiger partial charge in [-0.25, -0.2) is 8.42 Å². The Labute approximate surface area is 109 Å². The minimum absolute atomic E-state index is 0.119. The van der Waals surface area contributed by atoms with Crippen molar-refractivity contribution in [2.24, 2.45) is 5.73 Å². The third kappa shape index (κ3) is 5.04. The van der Waals surface area contributed by atoms with E-state index in [1.165, 1.54) is 24.3 Å². The number of carbonyl (C=O) groups is 2. The van der Waals surface area contributed by atoms with Gasteiger partial charge in [0.1, 0.15) is 6.61 Å². The Balaban J connectivity index is 2.73. The van der Waals surface area contributed by atoms with Crippen LogP contribution in [0.1, 0.15) is 5.56 Å². The number of amides is 1. The molecule has 0 aliphatic rings. The van der Waals surface area contributed by atoms with Crippen molar-refractivity contribution >= 4 is 21.9 Å². The molecule has 4 N–H and O–H groups in total. The van der Waals surface area contributed by atoms with Crippen molar-refractivity contribution in [1.82, 2.24) is 4.89 Å². The molecule has 0 heterocycles. The average Bonchev–Trinajstić information content (AvgIpc) is 2.28. The monoisotopic (exact) mass is 288 g/mol. The van der Waals surface area contributed by atoms with Crippen molar-refractivity contribution in [3.63, 3.8) is 0 Å². The normalized spacial score (nSPS) is 11.2. The van der Waals surface area contributed by atoms with Crippen LogP contribution in [0, 0.1) is 0 Å². The zero-order valence-electron chi connectivity index (χ0n) is 9.70. The molecule has 0 fully saturated rings. The minimum Gasteiger partial charge on any atom is -0.481 e. The zero-order valence-corrected chi connectivity index (χ0v) is 10.5. The molecule has 1 rings (SSSR count). The Morgan fingerprint density at radius 2 is 1.84 bits per heavy atom. The second-order valence-corrected chi connectivity index (χ2v) is 5.20. The summed E-state index contributed by atoms with van der Waals surface area (Å²) >= 11 is 0. The van der Waals surface area contributed by atoms with Crippen LogP contribution in [0.15, 0.2) is 29.2 Å². The Hall–Kier alpha value is -1.97. The van der Waals surface area contributed by atoms with Crippen LogP contribution >= 0.6 is 0 Å². The number of hydrogen-bond donors (Lipinski definition) is 3. The van der Waals surface area contributed by atoms with Crippen LogP contribution < -0.4 is 10.6 Å². The number of nitrogens with one attached hydrogen (secondary N) is 1. The molecular formula is C10H12N2O6S. The maximum Gasteiger partial charge on any atom is 0.307 e. The number of rotatable bonds is 7. The highest BCUT2D eigenvalue weighted by atomic mass is 32.2. The lowest BCUT2D eigenvalue weighted by Gasteiger charge is -2.06. The Bertz CT molecular complexity index is 566. The molecule has 8 nitrogen and oxygen atoms in total. The van der Waals surface area contributed by atoms with Gasteiger partial charge in [0, 0.05) is 0 Å². The first-order chi connectivity index (χ1) is 8.81. The third-order valence-corrected chi connectivity index (χ3v) is 3.20. The van der Waals surface area contributed by atoms with E-state index in [0.717, 1.165) is 0 Å². The Morgan fingerprint density at radius 1 is 1.26 bits per heavy atom. The van der Waals surface area contributed by atoms with Gasteiger partial charge in [0.15, 0.2) is 0 Å². The van der Waals surface area contributed by atoms with E-state index in [4.69, 9.17) is 10.8 Å². The molecule has 19 heavy (non-hydrogen) atoms. The second-order valence-electron chi connectivity index (χ2n) is 3.56. The molecule has 0 aromatic heterocycles. The highest BCUT2D eigenvalue weighted by molar-refractivity contribution is 7.89. The van der Waals surface area contributed by atoms with E-state index >= 15 is 0 Å². The number of nitrogens with two attached hydrogens (primary N) is 1. The second kappa shape index (κ2) is 6.27. The minimum atomic E-state index is -3.93. The van der Waals surface area contributed by atoms with Gasteiger partial charge in [-0.05, 0) is 17.7 Å². The smallest absolute Gasteiger partial charge is 0.307 e. The molecular weight excluding hydrogens is 276 g/mol. The van der Waals surface area contributed by atoms with Crippen LogP contribution in [0.3, 0.4) is 0 Å². The third-order valence-electron chi connectivity index (χ3n) is 1.97. The molecule has 0 saturated carbocycles. The molecule has 0 unspecified atom stereocenters. The van der Waals surface area contributed by atoms with Crippen molar-refractivity contribution in [1.29, 1.82) is 0 Å². The van der Waals surface area contributed by atoms with Crippen LogP contribution in [-0.4, -0.2) is 32.0 Å². The van der Waals surface area contributed by atoms with E-state index in [-0.39, 0.29) is 11.3 Å². The molecule has 1 aromatic carbocycles. The number of primary amides is 1. The maximum absolute atomic E-state index is 11.6. The SMILES string of the molecule is NC(=O)CONS(=O)(=O)c1ccc(CC(=O)O)cc1. The summed E-state index contributed by atoms with van der Waals surface area (Å²) in [6.07, 6.45) is -0.202. The summed E-state index contributed by atoms with van der Waals surface area (Å²) in [5.41, 5.74) is 5.23. The molecule has 0 atom stereocenters. The number of carboxylic acid groups (broad SMARTS) is 1. The molecule has 0 saturated heterocycles. The zero-order chi connectivity index (χ0) is 14.5. The van der Waals surface area contributed by atoms with Crippen molar-refractivity contribution in [3.8, 4) is 0 Å². The number of carbonyl (C=O) groups excluding carboxylic acids is 1. The number of hydrogen-bond acceptors (Lipinski definition) is 5. The number of benzene rings is 1. The standard InChI is InChI=1S/C10H12N2O6S/c11-9(13)6-18-12-19(16,17)8-3-1-7(2-4-8)5-10(14)15/h1-4,12H,5-6H2,(H2,11,13)(H,14,15). The molecule has 9 heteroatoms. The fourth-order valence-electron chi connectivity index (χ4n) is 1.19. The van der Waals surface area contributed by atoms with Crippen molar-refractivity contribution in [3.05, 3.63) is 29.8 Å². The predicted molar refractivity (Wildman–Crippen MR) is 63.2 cm³/mol. The molecule has 0 radical (unpaired) electrons. The number of aliphatic carboxylic acids is 1. The summed E-state index contributed by atoms with van der Waals surface area (Å²) in [5, 5.41) is 8.57. The fraction of sp³-hybridized carbons (Fsp3) is 0.200. The van der Waals surface area contributed by atoms with Gasteiger partial charge in [0.05, 0.1) is 11.3 Å². The fourth-order valence-corrected chi connectivity index (χ4v) is 1.99. The van der Waals surface area contributed by atoms with E-state index in [2.05, 4.69) is 4.84 Å². The number of sulfonamides is 1. The van der Waals surface area contributed by atoms with Gasteiger partial charge in [-0.1, -0.05) is 17.0 Å². The van der Waals surface area contributed by atoms with E-state index in [1.54, 1.807) is 4.89 Å². The van der Waals surface area contributed by atoms with E-state index in [0.29, 0.717) is 5.56 Å². The van der Waals surface area contributed by atoms with E-state index < -0.39 is 28.5 Å². The van der Waals surface area contributed by atoms with Gasteiger partial charge in [0.25, 0.3) is 10.0 Å². The van der Waals surface area contributed by atoms with Gasteiger partial charge in [-0.3, -0.25) is 14.4 Å². The van der Waals surface area contributed by atoms with E-state index in [1.807, 2.05) is 0 Å². The first-order valence-electron chi connectivity index (χ1n) is 5.04. The lowest BCUT2D eigenvalue weighted by atomic mass is 10.2. The lowest BCUT2D eigenvalue weighted by molar-refractivity contribution is -0.136. The average molecular weight is 288 g/mol. The van der Waals surface area contributed by atoms with Gasteiger partial charge in [0.2, 0.25) is 5.91 Å². The van der Waals surface area contributed by atoms with Gasteiger partial charge >= 0.3 is 5.97 Å². The summed E-state index contributed by atoms with van der Waals surface area (Å²) in [7, 11) is -3.93. The molecule has 1 aromatic rings. The summed E-state index contributed by atoms with van der Waals surface area (Å²) in [4.78, 5) is 26.8. The van der Waals surface area contributed by atoms with Crippen molar-refractivity contribution in [2.45, 2.75) is 11.3 Å². The highest BCUT2D eigenvalue weighted by Crippen LogP contribution is 2.10. The van der Waals surface area contributed by atoms with Gasteiger partial charge in [-0.15, -0.1) is 0 Å². The Kier molecular flexibility index (Phi) is 4.98. The lowest BCUT2D eigenvalue weighted by Crippen LogP contribution is -2.29.